The highest BCUT2D eigenvalue weighted by atomic mass is 35.5. The number of halogens is 1. The van der Waals surface area contributed by atoms with E-state index in [9.17, 15) is 0 Å². The van der Waals surface area contributed by atoms with E-state index >= 15 is 0 Å². The molecule has 0 N–H and O–H groups in total. The maximum absolute atomic E-state index is 6.17. The van der Waals surface area contributed by atoms with Gasteiger partial charge in [-0.05, 0) is 0 Å². The molecule has 0 amide bonds. The van der Waals surface area contributed by atoms with Crippen LogP contribution in [0.4, 0.5) is 0 Å². The predicted octanol–water partition coefficient (Wildman–Crippen LogP) is 3.31. The van der Waals surface area contributed by atoms with Crippen molar-refractivity contribution in [3.05, 3.63) is 71.8 Å². The second kappa shape index (κ2) is 5.24. The minimum atomic E-state index is 0.402. The van der Waals surface area contributed by atoms with Crippen LogP contribution in [0.25, 0.3) is 0 Å². The lowest BCUT2D eigenvalue weighted by atomic mass is 10.1. The van der Waals surface area contributed by atoms with Crippen LogP contribution in [0, 0.1) is 0 Å². The van der Waals surface area contributed by atoms with Crippen molar-refractivity contribution in [1.29, 1.82) is 0 Å². The molecule has 0 unspecified atom stereocenters. The van der Waals surface area contributed by atoms with Gasteiger partial charge in [-0.1, -0.05) is 60.7 Å². The van der Waals surface area contributed by atoms with Crippen molar-refractivity contribution < 1.29 is 0 Å². The molecule has 0 saturated carbocycles. The van der Waals surface area contributed by atoms with Crippen molar-refractivity contribution >= 4 is 23.4 Å². The molecule has 0 bridgehead atoms. The van der Waals surface area contributed by atoms with Crippen LogP contribution in [-0.4, -0.2) is 22.8 Å². The molecule has 0 atom stereocenters. The smallest absolute Gasteiger partial charge is 0.158 e. The van der Waals surface area contributed by atoms with Crippen molar-refractivity contribution in [2.24, 2.45) is 9.98 Å². The van der Waals surface area contributed by atoms with Crippen LogP contribution in [0.2, 0.25) is 0 Å². The van der Waals surface area contributed by atoms with E-state index in [0.29, 0.717) is 6.67 Å². The molecular weight excluding hydrogens is 258 g/mol. The van der Waals surface area contributed by atoms with Gasteiger partial charge in [-0.2, -0.15) is 0 Å². The Labute approximate surface area is 117 Å². The highest BCUT2D eigenvalue weighted by molar-refractivity contribution is 6.28. The Kier molecular flexibility index (Phi) is 3.29. The summed E-state index contributed by atoms with van der Waals surface area (Å²) in [6, 6.07) is 19.8. The fourth-order valence-corrected chi connectivity index (χ4v) is 2.11. The summed E-state index contributed by atoms with van der Waals surface area (Å²) in [5.41, 5.74) is 1.99. The summed E-state index contributed by atoms with van der Waals surface area (Å²) in [5.74, 6) is 1.45. The first kappa shape index (κ1) is 11.9. The van der Waals surface area contributed by atoms with Gasteiger partial charge in [0, 0.05) is 22.9 Å². The molecule has 1 aliphatic heterocycles. The van der Waals surface area contributed by atoms with E-state index in [2.05, 4.69) is 9.98 Å². The van der Waals surface area contributed by atoms with Crippen molar-refractivity contribution in [3.63, 3.8) is 0 Å². The highest BCUT2D eigenvalue weighted by Crippen LogP contribution is 2.15. The second-order valence-corrected chi connectivity index (χ2v) is 4.56. The molecule has 3 rings (SSSR count). The van der Waals surface area contributed by atoms with E-state index in [0.717, 1.165) is 22.8 Å². The van der Waals surface area contributed by atoms with Gasteiger partial charge in [0.2, 0.25) is 0 Å². The molecule has 3 nitrogen and oxygen atoms in total. The average molecular weight is 270 g/mol. The zero-order valence-electron chi connectivity index (χ0n) is 10.2. The Hall–Kier alpha value is -2.13. The van der Waals surface area contributed by atoms with E-state index in [-0.39, 0.29) is 0 Å². The lowest BCUT2D eigenvalue weighted by Gasteiger charge is -2.21. The van der Waals surface area contributed by atoms with Gasteiger partial charge in [-0.3, -0.25) is 0 Å². The van der Waals surface area contributed by atoms with E-state index < -0.39 is 0 Å². The number of hydrogen-bond donors (Lipinski definition) is 0. The summed E-state index contributed by atoms with van der Waals surface area (Å²) in [7, 11) is 0. The third kappa shape index (κ3) is 2.51. The number of benzene rings is 2. The normalized spacial score (nSPS) is 14.9. The lowest BCUT2D eigenvalue weighted by Crippen LogP contribution is -2.28. The molecular formula is C15H12ClN3. The van der Waals surface area contributed by atoms with Crippen molar-refractivity contribution in [1.82, 2.24) is 4.42 Å². The molecule has 0 radical (unpaired) electrons. The maximum atomic E-state index is 6.17. The second-order valence-electron chi connectivity index (χ2n) is 4.15. The predicted molar refractivity (Wildman–Crippen MR) is 78.5 cm³/mol. The summed E-state index contributed by atoms with van der Waals surface area (Å²) >= 11 is 6.17. The van der Waals surface area contributed by atoms with Crippen molar-refractivity contribution in [3.8, 4) is 0 Å². The standard InChI is InChI=1S/C15H12ClN3/c16-19-11-17-14(12-7-3-1-4-8-12)18-15(19)13-9-5-2-6-10-13/h1-10H,11H2. The Morgan fingerprint density at radius 1 is 0.842 bits per heavy atom. The Bertz CT molecular complexity index is 620. The Morgan fingerprint density at radius 2 is 1.42 bits per heavy atom. The first-order valence-corrected chi connectivity index (χ1v) is 6.36. The third-order valence-electron chi connectivity index (χ3n) is 2.85. The van der Waals surface area contributed by atoms with Gasteiger partial charge >= 0.3 is 0 Å². The van der Waals surface area contributed by atoms with Gasteiger partial charge in [0.25, 0.3) is 0 Å². The minimum absolute atomic E-state index is 0.402. The quantitative estimate of drug-likeness (QED) is 0.769. The van der Waals surface area contributed by atoms with E-state index in [4.69, 9.17) is 11.8 Å². The van der Waals surface area contributed by atoms with Crippen molar-refractivity contribution in [2.45, 2.75) is 0 Å². The Morgan fingerprint density at radius 3 is 2.05 bits per heavy atom. The zero-order chi connectivity index (χ0) is 13.1. The molecule has 2 aromatic rings. The largest absolute Gasteiger partial charge is 0.247 e. The number of rotatable bonds is 2. The molecule has 0 aliphatic carbocycles. The third-order valence-corrected chi connectivity index (χ3v) is 3.12. The molecule has 0 spiro atoms. The molecule has 1 heterocycles. The van der Waals surface area contributed by atoms with E-state index in [1.165, 1.54) is 4.42 Å². The van der Waals surface area contributed by atoms with E-state index in [1.807, 2.05) is 60.7 Å². The van der Waals surface area contributed by atoms with E-state index in [1.54, 1.807) is 0 Å². The SMILES string of the molecule is ClN1CN=C(c2ccccc2)N=C1c1ccccc1. The first-order chi connectivity index (χ1) is 9.34. The molecule has 0 fully saturated rings. The van der Waals surface area contributed by atoms with Crippen LogP contribution < -0.4 is 0 Å². The van der Waals surface area contributed by atoms with Gasteiger partial charge in [-0.25, -0.2) is 14.4 Å². The number of nitrogens with zero attached hydrogens (tertiary/aromatic N) is 3. The van der Waals surface area contributed by atoms with Gasteiger partial charge in [0.1, 0.15) is 6.67 Å². The summed E-state index contributed by atoms with van der Waals surface area (Å²) in [5, 5.41) is 0. The monoisotopic (exact) mass is 269 g/mol. The lowest BCUT2D eigenvalue weighted by molar-refractivity contribution is 0.665. The van der Waals surface area contributed by atoms with Crippen molar-refractivity contribution in [2.75, 3.05) is 6.67 Å². The van der Waals surface area contributed by atoms with Gasteiger partial charge in [0.15, 0.2) is 11.7 Å². The van der Waals surface area contributed by atoms with Crippen LogP contribution in [0.1, 0.15) is 11.1 Å². The summed E-state index contributed by atoms with van der Waals surface area (Å²) < 4.78 is 1.53. The number of hydrogen-bond acceptors (Lipinski definition) is 3. The van der Waals surface area contributed by atoms with Crippen LogP contribution >= 0.6 is 11.8 Å². The zero-order valence-corrected chi connectivity index (χ0v) is 11.0. The minimum Gasteiger partial charge on any atom is -0.247 e. The molecule has 1 aliphatic rings. The molecule has 94 valence electrons. The summed E-state index contributed by atoms with van der Waals surface area (Å²) in [4.78, 5) is 8.94. The fourth-order valence-electron chi connectivity index (χ4n) is 1.92. The highest BCUT2D eigenvalue weighted by Gasteiger charge is 2.17. The maximum Gasteiger partial charge on any atom is 0.158 e. The fraction of sp³-hybridized carbons (Fsp3) is 0.0667. The molecule has 4 heteroatoms. The topological polar surface area (TPSA) is 28.0 Å². The first-order valence-electron chi connectivity index (χ1n) is 6.02. The molecule has 2 aromatic carbocycles. The van der Waals surface area contributed by atoms with Crippen LogP contribution in [0.15, 0.2) is 70.6 Å². The van der Waals surface area contributed by atoms with Gasteiger partial charge in [-0.15, -0.1) is 0 Å². The number of amidine groups is 2. The van der Waals surface area contributed by atoms with Crippen LogP contribution in [0.3, 0.4) is 0 Å². The van der Waals surface area contributed by atoms with Crippen LogP contribution in [-0.2, 0) is 0 Å². The molecule has 19 heavy (non-hydrogen) atoms. The summed E-state index contributed by atoms with van der Waals surface area (Å²) in [6.45, 7) is 0.402. The average Bonchev–Trinajstić information content (AvgIpc) is 2.49. The van der Waals surface area contributed by atoms with Gasteiger partial charge < -0.3 is 0 Å². The Balaban J connectivity index is 2.00. The molecule has 0 saturated heterocycles. The molecule has 0 aromatic heterocycles. The van der Waals surface area contributed by atoms with Gasteiger partial charge in [0.05, 0.1) is 0 Å². The number of aliphatic imine (C=N–C) groups is 2. The summed E-state index contributed by atoms with van der Waals surface area (Å²) in [6.07, 6.45) is 0. The van der Waals surface area contributed by atoms with Crippen LogP contribution in [0.5, 0.6) is 0 Å².